The Balaban J connectivity index is 1.42. The van der Waals surface area contributed by atoms with Gasteiger partial charge in [-0.2, -0.15) is 0 Å². The topological polar surface area (TPSA) is 81.2 Å². The first-order chi connectivity index (χ1) is 13.5. The van der Waals surface area contributed by atoms with Gasteiger partial charge in [-0.25, -0.2) is 0 Å². The highest BCUT2D eigenvalue weighted by molar-refractivity contribution is 6.02. The molecule has 7 heteroatoms. The van der Waals surface area contributed by atoms with Crippen molar-refractivity contribution in [3.05, 3.63) is 54.6 Å². The van der Waals surface area contributed by atoms with E-state index in [1.165, 1.54) is 17.0 Å². The Bertz CT molecular complexity index is 915. The summed E-state index contributed by atoms with van der Waals surface area (Å²) in [6, 6.07) is 15.8. The van der Waals surface area contributed by atoms with E-state index in [1.807, 2.05) is 30.3 Å². The second-order valence-electron chi connectivity index (χ2n) is 7.07. The number of nitrogens with zero attached hydrogens (tertiary/aromatic N) is 3. The van der Waals surface area contributed by atoms with E-state index in [0.717, 1.165) is 5.69 Å². The van der Waals surface area contributed by atoms with Gasteiger partial charge in [-0.15, -0.1) is 0 Å². The van der Waals surface area contributed by atoms with E-state index >= 15 is 0 Å². The van der Waals surface area contributed by atoms with E-state index in [1.54, 1.807) is 21.9 Å². The fourth-order valence-corrected chi connectivity index (χ4v) is 3.78. The zero-order valence-corrected chi connectivity index (χ0v) is 15.3. The maximum Gasteiger partial charge on any atom is 0.246 e. The average Bonchev–Trinajstić information content (AvgIpc) is 3.09. The molecule has 3 amide bonds. The first-order valence-corrected chi connectivity index (χ1v) is 9.26. The molecule has 28 heavy (non-hydrogen) atoms. The zero-order chi connectivity index (χ0) is 19.7. The lowest BCUT2D eigenvalue weighted by atomic mass is 10.1. The van der Waals surface area contributed by atoms with Crippen LogP contribution in [0.3, 0.4) is 0 Å². The summed E-state index contributed by atoms with van der Waals surface area (Å²) < 4.78 is 0. The lowest BCUT2D eigenvalue weighted by Crippen LogP contribution is -2.54. The summed E-state index contributed by atoms with van der Waals surface area (Å²) in [6.07, 6.45) is 0.113. The number of hydrogen-bond acceptors (Lipinski definition) is 4. The lowest BCUT2D eigenvalue weighted by molar-refractivity contribution is -0.140. The Hall–Kier alpha value is -3.35. The number of aromatic hydroxyl groups is 1. The van der Waals surface area contributed by atoms with Crippen LogP contribution in [-0.2, 0) is 14.4 Å². The van der Waals surface area contributed by atoms with E-state index in [2.05, 4.69) is 0 Å². The molecule has 0 saturated carbocycles. The predicted octanol–water partition coefficient (Wildman–Crippen LogP) is 1.62. The van der Waals surface area contributed by atoms with Crippen molar-refractivity contribution >= 4 is 29.1 Å². The highest BCUT2D eigenvalue weighted by atomic mass is 16.3. The number of carbonyl (C=O) groups is 3. The first kappa shape index (κ1) is 18.0. The monoisotopic (exact) mass is 379 g/mol. The standard InChI is InChI=1S/C21H21N3O4/c25-18-8-4-7-17(12-18)24-13-15(11-19(24)26)21(28)22-9-10-23(20(27)14-22)16-5-2-1-3-6-16/h1-8,12,15,25H,9-11,13-14H2. The van der Waals surface area contributed by atoms with Crippen molar-refractivity contribution in [2.45, 2.75) is 6.42 Å². The minimum absolute atomic E-state index is 0.0184. The van der Waals surface area contributed by atoms with Gasteiger partial charge in [0.2, 0.25) is 17.7 Å². The van der Waals surface area contributed by atoms with Crippen molar-refractivity contribution in [1.29, 1.82) is 0 Å². The van der Waals surface area contributed by atoms with Crippen molar-refractivity contribution < 1.29 is 19.5 Å². The third-order valence-corrected chi connectivity index (χ3v) is 5.22. The average molecular weight is 379 g/mol. The van der Waals surface area contributed by atoms with Crippen LogP contribution in [0, 0.1) is 5.92 Å². The maximum absolute atomic E-state index is 12.9. The Kier molecular flexibility index (Phi) is 4.73. The summed E-state index contributed by atoms with van der Waals surface area (Å²) in [5.41, 5.74) is 1.40. The van der Waals surface area contributed by atoms with Crippen molar-refractivity contribution in [1.82, 2.24) is 4.90 Å². The number of hydrogen-bond donors (Lipinski definition) is 1. The molecule has 144 valence electrons. The number of phenols is 1. The van der Waals surface area contributed by atoms with Gasteiger partial charge in [0.15, 0.2) is 0 Å². The summed E-state index contributed by atoms with van der Waals surface area (Å²) in [7, 11) is 0. The molecule has 2 fully saturated rings. The van der Waals surface area contributed by atoms with Gasteiger partial charge >= 0.3 is 0 Å². The molecule has 1 N–H and O–H groups in total. The molecule has 2 aromatic rings. The van der Waals surface area contributed by atoms with Crippen molar-refractivity contribution in [3.8, 4) is 5.75 Å². The Morgan fingerprint density at radius 3 is 2.36 bits per heavy atom. The SMILES string of the molecule is O=C(C1CC(=O)N(c2cccc(O)c2)C1)N1CCN(c2ccccc2)C(=O)C1. The number of rotatable bonds is 3. The van der Waals surface area contributed by atoms with Gasteiger partial charge in [0.05, 0.1) is 5.92 Å². The minimum atomic E-state index is -0.481. The van der Waals surface area contributed by atoms with Crippen LogP contribution < -0.4 is 9.80 Å². The summed E-state index contributed by atoms with van der Waals surface area (Å²) in [5.74, 6) is -0.858. The van der Waals surface area contributed by atoms with E-state index < -0.39 is 5.92 Å². The Morgan fingerprint density at radius 1 is 0.893 bits per heavy atom. The number of benzene rings is 2. The molecule has 2 aliphatic heterocycles. The number of carbonyl (C=O) groups excluding carboxylic acids is 3. The quantitative estimate of drug-likeness (QED) is 0.879. The highest BCUT2D eigenvalue weighted by Crippen LogP contribution is 2.29. The molecule has 0 radical (unpaired) electrons. The molecular formula is C21H21N3O4. The molecule has 1 atom stereocenters. The fraction of sp³-hybridized carbons (Fsp3) is 0.286. The smallest absolute Gasteiger partial charge is 0.246 e. The Morgan fingerprint density at radius 2 is 1.64 bits per heavy atom. The van der Waals surface area contributed by atoms with Crippen LogP contribution in [-0.4, -0.2) is 53.9 Å². The van der Waals surface area contributed by atoms with E-state index in [0.29, 0.717) is 18.8 Å². The number of piperazine rings is 1. The molecule has 7 nitrogen and oxygen atoms in total. The van der Waals surface area contributed by atoms with Gasteiger partial charge < -0.3 is 19.8 Å². The molecule has 2 aliphatic rings. The van der Waals surface area contributed by atoms with Gasteiger partial charge in [0.25, 0.3) is 0 Å². The summed E-state index contributed by atoms with van der Waals surface area (Å²) >= 11 is 0. The van der Waals surface area contributed by atoms with Gasteiger partial charge in [0, 0.05) is 43.5 Å². The van der Waals surface area contributed by atoms with Gasteiger partial charge in [-0.3, -0.25) is 14.4 Å². The Labute approximate surface area is 162 Å². The molecule has 0 spiro atoms. The van der Waals surface area contributed by atoms with E-state index in [9.17, 15) is 19.5 Å². The van der Waals surface area contributed by atoms with Crippen LogP contribution in [0.4, 0.5) is 11.4 Å². The van der Waals surface area contributed by atoms with Crippen molar-refractivity contribution in [3.63, 3.8) is 0 Å². The van der Waals surface area contributed by atoms with E-state index in [4.69, 9.17) is 0 Å². The second-order valence-corrected chi connectivity index (χ2v) is 7.07. The second kappa shape index (κ2) is 7.34. The largest absolute Gasteiger partial charge is 0.508 e. The molecule has 2 heterocycles. The first-order valence-electron chi connectivity index (χ1n) is 9.26. The third-order valence-electron chi connectivity index (χ3n) is 5.22. The number of amides is 3. The zero-order valence-electron chi connectivity index (χ0n) is 15.3. The predicted molar refractivity (Wildman–Crippen MR) is 104 cm³/mol. The van der Waals surface area contributed by atoms with Crippen LogP contribution in [0.15, 0.2) is 54.6 Å². The fourth-order valence-electron chi connectivity index (χ4n) is 3.78. The molecular weight excluding hydrogens is 358 g/mol. The number of anilines is 2. The van der Waals surface area contributed by atoms with Gasteiger partial charge in [-0.1, -0.05) is 24.3 Å². The van der Waals surface area contributed by atoms with Crippen LogP contribution in [0.5, 0.6) is 5.75 Å². The van der Waals surface area contributed by atoms with Crippen LogP contribution >= 0.6 is 0 Å². The summed E-state index contributed by atoms with van der Waals surface area (Å²) in [6.45, 7) is 1.15. The summed E-state index contributed by atoms with van der Waals surface area (Å²) in [5, 5.41) is 9.63. The molecule has 4 rings (SSSR count). The van der Waals surface area contributed by atoms with Gasteiger partial charge in [-0.05, 0) is 24.3 Å². The number of para-hydroxylation sites is 1. The van der Waals surface area contributed by atoms with Crippen molar-refractivity contribution in [2.24, 2.45) is 5.92 Å². The molecule has 0 aliphatic carbocycles. The lowest BCUT2D eigenvalue weighted by Gasteiger charge is -2.35. The molecule has 0 aromatic heterocycles. The maximum atomic E-state index is 12.9. The van der Waals surface area contributed by atoms with E-state index in [-0.39, 0.29) is 43.0 Å². The number of phenolic OH excluding ortho intramolecular Hbond substituents is 1. The normalized spacial score (nSPS) is 20.0. The molecule has 2 aromatic carbocycles. The van der Waals surface area contributed by atoms with Crippen LogP contribution in [0.1, 0.15) is 6.42 Å². The van der Waals surface area contributed by atoms with Crippen molar-refractivity contribution in [2.75, 3.05) is 36.0 Å². The minimum Gasteiger partial charge on any atom is -0.508 e. The highest BCUT2D eigenvalue weighted by Gasteiger charge is 2.39. The molecule has 1 unspecified atom stereocenters. The third kappa shape index (κ3) is 3.43. The summed E-state index contributed by atoms with van der Waals surface area (Å²) in [4.78, 5) is 42.6. The molecule has 2 saturated heterocycles. The van der Waals surface area contributed by atoms with Gasteiger partial charge in [0.1, 0.15) is 12.3 Å². The van der Waals surface area contributed by atoms with Crippen LogP contribution in [0.25, 0.3) is 0 Å². The van der Waals surface area contributed by atoms with Crippen LogP contribution in [0.2, 0.25) is 0 Å². The molecule has 0 bridgehead atoms.